The Kier molecular flexibility index (Phi) is 4.19. The molecule has 20 heavy (non-hydrogen) atoms. The average molecular weight is 292 g/mol. The molecule has 0 saturated carbocycles. The summed E-state index contributed by atoms with van der Waals surface area (Å²) in [6, 6.07) is 5.98. The third-order valence-corrected chi connectivity index (χ3v) is 3.61. The second-order valence-corrected chi connectivity index (χ2v) is 5.71. The number of carbonyl (C=O) groups is 1. The van der Waals surface area contributed by atoms with E-state index in [9.17, 15) is 4.79 Å². The molecular weight excluding hydrogens is 274 g/mol. The van der Waals surface area contributed by atoms with E-state index < -0.39 is 5.97 Å². The molecule has 1 aromatic carbocycles. The fourth-order valence-electron chi connectivity index (χ4n) is 2.44. The van der Waals surface area contributed by atoms with Crippen molar-refractivity contribution in [2.24, 2.45) is 5.92 Å². The Labute approximate surface area is 123 Å². The summed E-state index contributed by atoms with van der Waals surface area (Å²) in [5, 5.41) is 10.4. The molecule has 0 aliphatic carbocycles. The molecule has 0 aliphatic rings. The molecule has 1 aromatic heterocycles. The maximum Gasteiger partial charge on any atom is 0.328 e. The van der Waals surface area contributed by atoms with Gasteiger partial charge in [0.25, 0.3) is 0 Å². The monoisotopic (exact) mass is 291 g/mol. The van der Waals surface area contributed by atoms with Gasteiger partial charge in [-0.05, 0) is 24.5 Å². The van der Waals surface area contributed by atoms with Gasteiger partial charge in [-0.15, -0.1) is 0 Å². The van der Waals surface area contributed by atoms with Gasteiger partial charge in [-0.25, -0.2) is 4.79 Å². The van der Waals surface area contributed by atoms with Crippen LogP contribution in [0.3, 0.4) is 0 Å². The number of fused-ring (bicyclic) bond motifs is 1. The summed E-state index contributed by atoms with van der Waals surface area (Å²) in [5.74, 6) is -0.516. The van der Waals surface area contributed by atoms with Gasteiger partial charge in [0.15, 0.2) is 0 Å². The summed E-state index contributed by atoms with van der Waals surface area (Å²) in [6.07, 6.45) is 2.70. The molecule has 0 radical (unpaired) electrons. The van der Waals surface area contributed by atoms with E-state index in [0.29, 0.717) is 11.1 Å². The average Bonchev–Trinajstić information content (AvgIpc) is 2.61. The molecule has 0 spiro atoms. The van der Waals surface area contributed by atoms with Gasteiger partial charge < -0.3 is 9.67 Å². The highest BCUT2D eigenvalue weighted by atomic mass is 35.5. The van der Waals surface area contributed by atoms with Crippen LogP contribution in [0.5, 0.6) is 0 Å². The molecule has 4 heteroatoms. The Morgan fingerprint density at radius 3 is 2.75 bits per heavy atom. The molecule has 0 atom stereocenters. The number of carboxylic acid groups (broad SMARTS) is 1. The van der Waals surface area contributed by atoms with Crippen molar-refractivity contribution in [2.75, 3.05) is 0 Å². The van der Waals surface area contributed by atoms with Crippen molar-refractivity contribution in [3.05, 3.63) is 40.6 Å². The fourth-order valence-corrected chi connectivity index (χ4v) is 2.76. The molecule has 0 amide bonds. The number of rotatable bonds is 4. The van der Waals surface area contributed by atoms with E-state index in [1.165, 1.54) is 0 Å². The molecule has 1 N–H and O–H groups in total. The number of para-hydroxylation sites is 1. The van der Waals surface area contributed by atoms with Crippen molar-refractivity contribution in [1.29, 1.82) is 0 Å². The number of halogens is 1. The highest BCUT2D eigenvalue weighted by molar-refractivity contribution is 6.33. The number of hydrogen-bond donors (Lipinski definition) is 1. The molecule has 0 bridgehead atoms. The molecule has 0 unspecified atom stereocenters. The first-order chi connectivity index (χ1) is 9.41. The zero-order chi connectivity index (χ0) is 14.9. The number of hydrogen-bond acceptors (Lipinski definition) is 1. The van der Waals surface area contributed by atoms with E-state index in [-0.39, 0.29) is 0 Å². The minimum absolute atomic E-state index is 0.457. The van der Waals surface area contributed by atoms with Crippen molar-refractivity contribution in [1.82, 2.24) is 4.57 Å². The van der Waals surface area contributed by atoms with Gasteiger partial charge in [0.05, 0.1) is 5.52 Å². The summed E-state index contributed by atoms with van der Waals surface area (Å²) in [5.41, 5.74) is 2.99. The maximum atomic E-state index is 10.7. The molecular formula is C16H18ClNO2. The molecule has 2 aromatic rings. The summed E-state index contributed by atoms with van der Waals surface area (Å²) in [6.45, 7) is 7.11. The molecule has 106 valence electrons. The van der Waals surface area contributed by atoms with Crippen LogP contribution in [0.25, 0.3) is 17.0 Å². The quantitative estimate of drug-likeness (QED) is 0.851. The molecule has 1 heterocycles. The minimum atomic E-state index is -0.974. The minimum Gasteiger partial charge on any atom is -0.478 e. The Balaban J connectivity index is 2.72. The zero-order valence-corrected chi connectivity index (χ0v) is 12.6. The standard InChI is InChI=1S/C16H18ClNO2/c1-10(2)9-18-15-11(3)5-4-6-12(15)13(16(18)17)7-8-14(19)20/h4-8,10H,9H2,1-3H3,(H,19,20)/b8-7+. The fraction of sp³-hybridized carbons (Fsp3) is 0.312. The smallest absolute Gasteiger partial charge is 0.328 e. The third-order valence-electron chi connectivity index (χ3n) is 3.20. The molecule has 0 saturated heterocycles. The van der Waals surface area contributed by atoms with Crippen LogP contribution < -0.4 is 0 Å². The maximum absolute atomic E-state index is 10.7. The molecule has 2 rings (SSSR count). The van der Waals surface area contributed by atoms with E-state index in [2.05, 4.69) is 18.4 Å². The van der Waals surface area contributed by atoms with E-state index in [1.54, 1.807) is 6.08 Å². The van der Waals surface area contributed by atoms with Crippen LogP contribution in [0, 0.1) is 12.8 Å². The van der Waals surface area contributed by atoms with Crippen molar-refractivity contribution >= 4 is 34.5 Å². The van der Waals surface area contributed by atoms with Gasteiger partial charge in [0, 0.05) is 23.6 Å². The predicted octanol–water partition coefficient (Wildman–Crippen LogP) is 4.36. The summed E-state index contributed by atoms with van der Waals surface area (Å²) in [7, 11) is 0. The topological polar surface area (TPSA) is 42.2 Å². The Bertz CT molecular complexity index is 683. The number of carboxylic acids is 1. The molecule has 0 fully saturated rings. The summed E-state index contributed by atoms with van der Waals surface area (Å²) < 4.78 is 2.07. The van der Waals surface area contributed by atoms with E-state index in [4.69, 9.17) is 16.7 Å². The Hall–Kier alpha value is -1.74. The van der Waals surface area contributed by atoms with Gasteiger partial charge in [0.1, 0.15) is 5.15 Å². The number of nitrogens with zero attached hydrogens (tertiary/aromatic N) is 1. The lowest BCUT2D eigenvalue weighted by molar-refractivity contribution is -0.131. The number of benzene rings is 1. The van der Waals surface area contributed by atoms with Crippen LogP contribution >= 0.6 is 11.6 Å². The number of aromatic nitrogens is 1. The predicted molar refractivity (Wildman–Crippen MR) is 83.2 cm³/mol. The van der Waals surface area contributed by atoms with Crippen LogP contribution in [-0.4, -0.2) is 15.6 Å². The second kappa shape index (κ2) is 5.71. The SMILES string of the molecule is Cc1cccc2c(/C=C/C(=O)O)c(Cl)n(CC(C)C)c12. The van der Waals surface area contributed by atoms with Crippen LogP contribution in [0.4, 0.5) is 0 Å². The first kappa shape index (κ1) is 14.7. The first-order valence-corrected chi connectivity index (χ1v) is 6.98. The van der Waals surface area contributed by atoms with Crippen LogP contribution in [-0.2, 0) is 11.3 Å². The molecule has 3 nitrogen and oxygen atoms in total. The largest absolute Gasteiger partial charge is 0.478 e. The highest BCUT2D eigenvalue weighted by Crippen LogP contribution is 2.33. The Morgan fingerprint density at radius 2 is 2.15 bits per heavy atom. The number of aryl methyl sites for hydroxylation is 1. The van der Waals surface area contributed by atoms with Gasteiger partial charge >= 0.3 is 5.97 Å². The second-order valence-electron chi connectivity index (χ2n) is 5.35. The van der Waals surface area contributed by atoms with Gasteiger partial charge in [0.2, 0.25) is 0 Å². The van der Waals surface area contributed by atoms with E-state index in [0.717, 1.165) is 34.7 Å². The van der Waals surface area contributed by atoms with Crippen LogP contribution in [0.2, 0.25) is 5.15 Å². The van der Waals surface area contributed by atoms with Crippen molar-refractivity contribution in [3.8, 4) is 0 Å². The highest BCUT2D eigenvalue weighted by Gasteiger charge is 2.16. The molecule has 0 aliphatic heterocycles. The van der Waals surface area contributed by atoms with Crippen molar-refractivity contribution in [2.45, 2.75) is 27.3 Å². The first-order valence-electron chi connectivity index (χ1n) is 6.60. The lowest BCUT2D eigenvalue weighted by atomic mass is 10.1. The van der Waals surface area contributed by atoms with Crippen molar-refractivity contribution in [3.63, 3.8) is 0 Å². The number of aliphatic carboxylic acids is 1. The van der Waals surface area contributed by atoms with Gasteiger partial charge in [-0.3, -0.25) is 0 Å². The normalized spacial score (nSPS) is 11.8. The lowest BCUT2D eigenvalue weighted by Crippen LogP contribution is -2.04. The summed E-state index contributed by atoms with van der Waals surface area (Å²) in [4.78, 5) is 10.7. The zero-order valence-electron chi connectivity index (χ0n) is 11.9. The van der Waals surface area contributed by atoms with Crippen LogP contribution in [0.1, 0.15) is 25.0 Å². The van der Waals surface area contributed by atoms with Gasteiger partial charge in [-0.2, -0.15) is 0 Å². The summed E-state index contributed by atoms with van der Waals surface area (Å²) >= 11 is 6.47. The van der Waals surface area contributed by atoms with E-state index >= 15 is 0 Å². The lowest BCUT2D eigenvalue weighted by Gasteiger charge is -2.11. The van der Waals surface area contributed by atoms with Gasteiger partial charge in [-0.1, -0.05) is 43.6 Å². The third kappa shape index (κ3) is 2.73. The van der Waals surface area contributed by atoms with Crippen molar-refractivity contribution < 1.29 is 9.90 Å². The Morgan fingerprint density at radius 1 is 1.45 bits per heavy atom. The van der Waals surface area contributed by atoms with Crippen LogP contribution in [0.15, 0.2) is 24.3 Å². The van der Waals surface area contributed by atoms with E-state index in [1.807, 2.05) is 25.1 Å².